The van der Waals surface area contributed by atoms with Gasteiger partial charge in [-0.3, -0.25) is 9.48 Å². The number of amides is 1. The van der Waals surface area contributed by atoms with Crippen LogP contribution in [0.3, 0.4) is 0 Å². The molecular weight excluding hydrogens is 287 g/mol. The lowest BCUT2D eigenvalue weighted by Gasteiger charge is -2.41. The van der Waals surface area contributed by atoms with E-state index < -0.39 is 18.1 Å². The zero-order valence-corrected chi connectivity index (χ0v) is 11.3. The van der Waals surface area contributed by atoms with E-state index in [1.165, 1.54) is 12.3 Å². The molecule has 0 radical (unpaired) electrons. The van der Waals surface area contributed by atoms with E-state index in [-0.39, 0.29) is 24.7 Å². The van der Waals surface area contributed by atoms with Gasteiger partial charge in [-0.15, -0.1) is 0 Å². The third-order valence-corrected chi connectivity index (χ3v) is 4.08. The number of halogens is 3. The smallest absolute Gasteiger partial charge is 0.381 e. The van der Waals surface area contributed by atoms with Gasteiger partial charge < -0.3 is 9.64 Å². The Morgan fingerprint density at radius 3 is 2.57 bits per heavy atom. The standard InChI is InChI=1S/C13H16F3N3O2/c14-13(15,16)11-2-6-18(11)12(20)10-1-5-17-19(10)9-3-7-21-8-4-9/h1,5,9,11H,2-4,6-8H2. The van der Waals surface area contributed by atoms with E-state index in [1.807, 2.05) is 0 Å². The minimum atomic E-state index is -4.36. The Morgan fingerprint density at radius 1 is 1.29 bits per heavy atom. The van der Waals surface area contributed by atoms with Crippen molar-refractivity contribution >= 4 is 5.91 Å². The second kappa shape index (κ2) is 5.32. The van der Waals surface area contributed by atoms with E-state index in [0.29, 0.717) is 26.1 Å². The molecule has 1 unspecified atom stereocenters. The molecule has 0 aliphatic carbocycles. The van der Waals surface area contributed by atoms with Gasteiger partial charge in [0.2, 0.25) is 0 Å². The third kappa shape index (κ3) is 2.64. The van der Waals surface area contributed by atoms with Gasteiger partial charge >= 0.3 is 6.18 Å². The van der Waals surface area contributed by atoms with Crippen LogP contribution in [0.25, 0.3) is 0 Å². The van der Waals surface area contributed by atoms with Crippen molar-refractivity contribution in [1.82, 2.24) is 14.7 Å². The number of hydrogen-bond acceptors (Lipinski definition) is 3. The number of alkyl halides is 3. The summed E-state index contributed by atoms with van der Waals surface area (Å²) < 4.78 is 45.1. The molecule has 1 aromatic rings. The van der Waals surface area contributed by atoms with Crippen LogP contribution in [0.5, 0.6) is 0 Å². The normalized spacial score (nSPS) is 24.0. The van der Waals surface area contributed by atoms with Crippen LogP contribution in [0.1, 0.15) is 35.8 Å². The largest absolute Gasteiger partial charge is 0.408 e. The van der Waals surface area contributed by atoms with Crippen molar-refractivity contribution in [3.63, 3.8) is 0 Å². The Balaban J connectivity index is 1.78. The molecule has 1 aromatic heterocycles. The SMILES string of the molecule is O=C(c1ccnn1C1CCOCC1)N1CCC1C(F)(F)F. The Bertz CT molecular complexity index is 523. The lowest BCUT2D eigenvalue weighted by molar-refractivity contribution is -0.199. The Kier molecular flexibility index (Phi) is 3.64. The van der Waals surface area contributed by atoms with Gasteiger partial charge in [-0.05, 0) is 25.3 Å². The van der Waals surface area contributed by atoms with Gasteiger partial charge in [-0.1, -0.05) is 0 Å². The van der Waals surface area contributed by atoms with Crippen LogP contribution in [0.15, 0.2) is 12.3 Å². The van der Waals surface area contributed by atoms with Crippen molar-refractivity contribution in [1.29, 1.82) is 0 Å². The fourth-order valence-electron chi connectivity index (χ4n) is 2.82. The van der Waals surface area contributed by atoms with E-state index >= 15 is 0 Å². The summed E-state index contributed by atoms with van der Waals surface area (Å²) >= 11 is 0. The molecule has 116 valence electrons. The zero-order valence-electron chi connectivity index (χ0n) is 11.3. The average Bonchev–Trinajstić information content (AvgIpc) is 2.85. The highest BCUT2D eigenvalue weighted by Gasteiger charge is 2.51. The molecule has 0 spiro atoms. The molecule has 2 aliphatic heterocycles. The highest BCUT2D eigenvalue weighted by molar-refractivity contribution is 5.93. The number of likely N-dealkylation sites (tertiary alicyclic amines) is 1. The van der Waals surface area contributed by atoms with E-state index in [0.717, 1.165) is 4.90 Å². The molecule has 2 fully saturated rings. The summed E-state index contributed by atoms with van der Waals surface area (Å²) in [5.74, 6) is -0.590. The zero-order chi connectivity index (χ0) is 15.0. The summed E-state index contributed by atoms with van der Waals surface area (Å²) in [4.78, 5) is 13.2. The first-order chi connectivity index (χ1) is 9.98. The van der Waals surface area contributed by atoms with E-state index in [4.69, 9.17) is 4.74 Å². The maximum atomic E-state index is 12.8. The summed E-state index contributed by atoms with van der Waals surface area (Å²) in [6.07, 6.45) is -1.50. The van der Waals surface area contributed by atoms with Gasteiger partial charge in [0.05, 0.1) is 6.04 Å². The third-order valence-electron chi connectivity index (χ3n) is 4.08. The molecule has 0 saturated carbocycles. The Labute approximate surface area is 119 Å². The fraction of sp³-hybridized carbons (Fsp3) is 0.692. The number of hydrogen-bond donors (Lipinski definition) is 0. The monoisotopic (exact) mass is 303 g/mol. The minimum Gasteiger partial charge on any atom is -0.381 e. The first-order valence-electron chi connectivity index (χ1n) is 6.97. The molecule has 1 amide bonds. The molecule has 5 nitrogen and oxygen atoms in total. The van der Waals surface area contributed by atoms with E-state index in [1.54, 1.807) is 4.68 Å². The van der Waals surface area contributed by atoms with Crippen LogP contribution in [-0.2, 0) is 4.74 Å². The molecule has 0 N–H and O–H groups in total. The first kappa shape index (κ1) is 14.4. The quantitative estimate of drug-likeness (QED) is 0.839. The summed E-state index contributed by atoms with van der Waals surface area (Å²) in [6.45, 7) is 1.29. The van der Waals surface area contributed by atoms with Crippen LogP contribution in [0.4, 0.5) is 13.2 Å². The van der Waals surface area contributed by atoms with Gasteiger partial charge in [0.15, 0.2) is 0 Å². The second-order valence-electron chi connectivity index (χ2n) is 5.35. The molecule has 2 saturated heterocycles. The molecular formula is C13H16F3N3O2. The highest BCUT2D eigenvalue weighted by atomic mass is 19.4. The topological polar surface area (TPSA) is 47.4 Å². The maximum Gasteiger partial charge on any atom is 0.408 e. The number of carbonyl (C=O) groups excluding carboxylic acids is 1. The number of aromatic nitrogens is 2. The molecule has 3 rings (SSSR count). The predicted molar refractivity (Wildman–Crippen MR) is 66.8 cm³/mol. The van der Waals surface area contributed by atoms with Crippen molar-refractivity contribution in [3.05, 3.63) is 18.0 Å². The highest BCUT2D eigenvalue weighted by Crippen LogP contribution is 2.35. The van der Waals surface area contributed by atoms with Crippen molar-refractivity contribution in [2.24, 2.45) is 0 Å². The van der Waals surface area contributed by atoms with Crippen molar-refractivity contribution < 1.29 is 22.7 Å². The number of carbonyl (C=O) groups is 1. The van der Waals surface area contributed by atoms with Gasteiger partial charge in [-0.2, -0.15) is 18.3 Å². The number of nitrogens with zero attached hydrogens (tertiary/aromatic N) is 3. The predicted octanol–water partition coefficient (Wildman–Crippen LogP) is 2.01. The average molecular weight is 303 g/mol. The molecule has 8 heteroatoms. The summed E-state index contributed by atoms with van der Waals surface area (Å²) in [6, 6.07) is -0.162. The molecule has 0 aromatic carbocycles. The van der Waals surface area contributed by atoms with Gasteiger partial charge in [0.25, 0.3) is 5.91 Å². The molecule has 0 bridgehead atoms. The van der Waals surface area contributed by atoms with Gasteiger partial charge in [0.1, 0.15) is 11.7 Å². The van der Waals surface area contributed by atoms with Crippen LogP contribution in [0.2, 0.25) is 0 Å². The van der Waals surface area contributed by atoms with E-state index in [2.05, 4.69) is 5.10 Å². The van der Waals surface area contributed by atoms with E-state index in [9.17, 15) is 18.0 Å². The number of ether oxygens (including phenoxy) is 1. The van der Waals surface area contributed by atoms with Crippen molar-refractivity contribution in [2.45, 2.75) is 37.5 Å². The molecule has 21 heavy (non-hydrogen) atoms. The van der Waals surface area contributed by atoms with Gasteiger partial charge in [-0.25, -0.2) is 0 Å². The number of rotatable bonds is 2. The van der Waals surface area contributed by atoms with Crippen molar-refractivity contribution in [3.8, 4) is 0 Å². The van der Waals surface area contributed by atoms with Crippen LogP contribution in [0, 0.1) is 0 Å². The van der Waals surface area contributed by atoms with Crippen LogP contribution < -0.4 is 0 Å². The summed E-state index contributed by atoms with van der Waals surface area (Å²) in [5.41, 5.74) is 0.232. The van der Waals surface area contributed by atoms with Crippen molar-refractivity contribution in [2.75, 3.05) is 19.8 Å². The lowest BCUT2D eigenvalue weighted by Crippen LogP contribution is -2.58. The summed E-state index contributed by atoms with van der Waals surface area (Å²) in [5, 5.41) is 4.12. The second-order valence-corrected chi connectivity index (χ2v) is 5.35. The first-order valence-corrected chi connectivity index (χ1v) is 6.97. The molecule has 3 heterocycles. The maximum absolute atomic E-state index is 12.8. The minimum absolute atomic E-state index is 0.0123. The Morgan fingerprint density at radius 2 is 2.00 bits per heavy atom. The molecule has 1 atom stereocenters. The Hall–Kier alpha value is -1.57. The molecule has 2 aliphatic rings. The van der Waals surface area contributed by atoms with Crippen LogP contribution >= 0.6 is 0 Å². The van der Waals surface area contributed by atoms with Gasteiger partial charge in [0, 0.05) is 26.0 Å². The fourth-order valence-corrected chi connectivity index (χ4v) is 2.82. The summed E-state index contributed by atoms with van der Waals surface area (Å²) in [7, 11) is 0. The lowest BCUT2D eigenvalue weighted by atomic mass is 10.0. The van der Waals surface area contributed by atoms with Crippen LogP contribution in [-0.4, -0.2) is 52.6 Å².